The quantitative estimate of drug-likeness (QED) is 0.252. The van der Waals surface area contributed by atoms with E-state index >= 15 is 0 Å². The van der Waals surface area contributed by atoms with Gasteiger partial charge in [0.2, 0.25) is 0 Å². The summed E-state index contributed by atoms with van der Waals surface area (Å²) in [6, 6.07) is 5.68. The molecule has 3 aromatic rings. The molecular weight excluding hydrogens is 607 g/mol. The predicted molar refractivity (Wildman–Crippen MR) is 146 cm³/mol. The third-order valence-corrected chi connectivity index (χ3v) is 7.69. The summed E-state index contributed by atoms with van der Waals surface area (Å²) < 4.78 is 24.3. The summed E-state index contributed by atoms with van der Waals surface area (Å²) in [6.07, 6.45) is 1.51. The molecule has 0 amide bonds. The number of ether oxygens (including phenoxy) is 4. The first-order chi connectivity index (χ1) is 19.0. The van der Waals surface area contributed by atoms with E-state index in [9.17, 15) is 14.4 Å². The van der Waals surface area contributed by atoms with E-state index in [1.807, 2.05) is 0 Å². The fourth-order valence-corrected chi connectivity index (χ4v) is 5.75. The normalized spacial score (nSPS) is 22.4. The minimum absolute atomic E-state index is 0.254. The van der Waals surface area contributed by atoms with Crippen LogP contribution in [0.3, 0.4) is 0 Å². The molecule has 40 heavy (non-hydrogen) atoms. The minimum Gasteiger partial charge on any atom is -0.463 e. The van der Waals surface area contributed by atoms with Crippen molar-refractivity contribution in [2.75, 3.05) is 6.61 Å². The Kier molecular flexibility index (Phi) is 9.90. The van der Waals surface area contributed by atoms with Gasteiger partial charge in [0, 0.05) is 43.6 Å². The lowest BCUT2D eigenvalue weighted by Gasteiger charge is -2.44. The van der Waals surface area contributed by atoms with E-state index < -0.39 is 47.7 Å². The van der Waals surface area contributed by atoms with Crippen LogP contribution in [0.5, 0.6) is 0 Å². The van der Waals surface area contributed by atoms with E-state index in [4.69, 9.17) is 53.8 Å². The zero-order chi connectivity index (χ0) is 29.0. The SMILES string of the molecule is CC(=O)OC[C@H]1O[C@H](Sc2cncc(Cl)c2)[C@H](OC(C)=O)[C@@H](n2cc(-c3ccc(Cl)c(Cl)c3)nn2)[C@H]1OC(C)=O. The molecule has 212 valence electrons. The van der Waals surface area contributed by atoms with Crippen molar-refractivity contribution in [2.45, 2.75) is 55.5 Å². The number of esters is 3. The third-order valence-electron chi connectivity index (χ3n) is 5.63. The maximum absolute atomic E-state index is 12.3. The Bertz CT molecular complexity index is 1410. The molecule has 0 N–H and O–H groups in total. The first-order valence-corrected chi connectivity index (χ1v) is 13.8. The summed E-state index contributed by atoms with van der Waals surface area (Å²) in [7, 11) is 0. The van der Waals surface area contributed by atoms with Gasteiger partial charge in [0.05, 0.1) is 21.3 Å². The molecule has 0 radical (unpaired) electrons. The molecular formula is C25H23Cl3N4O7S. The lowest BCUT2D eigenvalue weighted by molar-refractivity contribution is -0.212. The number of carbonyl (C=O) groups excluding carboxylic acids is 3. The molecule has 2 aromatic heterocycles. The van der Waals surface area contributed by atoms with Crippen molar-refractivity contribution >= 4 is 64.5 Å². The van der Waals surface area contributed by atoms with E-state index in [0.29, 0.717) is 31.2 Å². The van der Waals surface area contributed by atoms with Crippen LogP contribution >= 0.6 is 46.6 Å². The van der Waals surface area contributed by atoms with Gasteiger partial charge >= 0.3 is 17.9 Å². The van der Waals surface area contributed by atoms with Gasteiger partial charge in [-0.2, -0.15) is 0 Å². The second kappa shape index (κ2) is 13.2. The number of pyridine rings is 1. The van der Waals surface area contributed by atoms with Crippen LogP contribution in [0.1, 0.15) is 26.8 Å². The summed E-state index contributed by atoms with van der Waals surface area (Å²) in [5.41, 5.74) is 0.153. The van der Waals surface area contributed by atoms with Gasteiger partial charge in [0.25, 0.3) is 0 Å². The average Bonchev–Trinajstić information content (AvgIpc) is 3.35. The molecule has 0 spiro atoms. The number of hydrogen-bond donors (Lipinski definition) is 0. The topological polar surface area (TPSA) is 132 Å². The maximum Gasteiger partial charge on any atom is 0.303 e. The van der Waals surface area contributed by atoms with Gasteiger partial charge in [0.1, 0.15) is 29.9 Å². The molecule has 0 aliphatic carbocycles. The highest BCUT2D eigenvalue weighted by atomic mass is 35.5. The second-order valence-corrected chi connectivity index (χ2v) is 11.1. The van der Waals surface area contributed by atoms with Crippen LogP contribution in [-0.4, -0.2) is 68.2 Å². The smallest absolute Gasteiger partial charge is 0.303 e. The van der Waals surface area contributed by atoms with Gasteiger partial charge in [0.15, 0.2) is 12.2 Å². The van der Waals surface area contributed by atoms with Crippen LogP contribution in [0.2, 0.25) is 15.1 Å². The van der Waals surface area contributed by atoms with Crippen molar-refractivity contribution in [3.05, 3.63) is 57.9 Å². The number of hydrogen-bond acceptors (Lipinski definition) is 11. The molecule has 5 atom stereocenters. The Balaban J connectivity index is 1.80. The second-order valence-electron chi connectivity index (χ2n) is 8.65. The number of carbonyl (C=O) groups is 3. The van der Waals surface area contributed by atoms with Crippen LogP contribution < -0.4 is 0 Å². The molecule has 0 bridgehead atoms. The van der Waals surface area contributed by atoms with Crippen molar-refractivity contribution in [1.29, 1.82) is 0 Å². The number of rotatable bonds is 8. The van der Waals surface area contributed by atoms with E-state index in [1.54, 1.807) is 36.7 Å². The summed E-state index contributed by atoms with van der Waals surface area (Å²) in [6.45, 7) is 3.46. The van der Waals surface area contributed by atoms with Gasteiger partial charge in [-0.15, -0.1) is 5.10 Å². The highest BCUT2D eigenvalue weighted by molar-refractivity contribution is 7.99. The zero-order valence-corrected chi connectivity index (χ0v) is 24.4. The Morgan fingerprint density at radius 3 is 2.35 bits per heavy atom. The molecule has 15 heteroatoms. The van der Waals surface area contributed by atoms with Crippen LogP contribution in [0.15, 0.2) is 47.8 Å². The summed E-state index contributed by atoms with van der Waals surface area (Å²) in [5.74, 6) is -1.81. The lowest BCUT2D eigenvalue weighted by atomic mass is 9.96. The van der Waals surface area contributed by atoms with E-state index in [1.165, 1.54) is 43.4 Å². The zero-order valence-electron chi connectivity index (χ0n) is 21.3. The van der Waals surface area contributed by atoms with Gasteiger partial charge in [-0.25, -0.2) is 4.68 Å². The largest absolute Gasteiger partial charge is 0.463 e. The molecule has 4 rings (SSSR count). The van der Waals surface area contributed by atoms with E-state index in [2.05, 4.69) is 15.3 Å². The Labute approximate surface area is 248 Å². The standard InChI is InChI=1S/C25H23Cl3N4O7S/c1-12(33)36-11-21-23(37-13(2)34)22(32-10-20(30-31-32)15-4-5-18(27)19(28)6-15)24(38-14(3)35)25(39-21)40-17-7-16(26)8-29-9-17/h4-10,21-25H,11H2,1-3H3/t21-,22+,23+,24-,25-/m1/s1. The van der Waals surface area contributed by atoms with Crippen LogP contribution in [0, 0.1) is 0 Å². The van der Waals surface area contributed by atoms with E-state index in [0.717, 1.165) is 0 Å². The molecule has 1 saturated heterocycles. The highest BCUT2D eigenvalue weighted by Crippen LogP contribution is 2.41. The lowest BCUT2D eigenvalue weighted by Crippen LogP contribution is -2.57. The van der Waals surface area contributed by atoms with Crippen molar-refractivity contribution in [1.82, 2.24) is 20.0 Å². The third kappa shape index (κ3) is 7.43. The fourth-order valence-electron chi connectivity index (χ4n) is 4.08. The monoisotopic (exact) mass is 628 g/mol. The molecule has 1 aliphatic rings. The Hall–Kier alpha value is -2.90. The minimum atomic E-state index is -1.10. The average molecular weight is 630 g/mol. The molecule has 3 heterocycles. The summed E-state index contributed by atoms with van der Waals surface area (Å²) in [4.78, 5) is 40.9. The molecule has 1 aliphatic heterocycles. The van der Waals surface area contributed by atoms with Gasteiger partial charge < -0.3 is 18.9 Å². The van der Waals surface area contributed by atoms with Crippen LogP contribution in [0.4, 0.5) is 0 Å². The molecule has 11 nitrogen and oxygen atoms in total. The van der Waals surface area contributed by atoms with Crippen molar-refractivity contribution in [2.24, 2.45) is 0 Å². The van der Waals surface area contributed by atoms with Crippen molar-refractivity contribution in [3.8, 4) is 11.3 Å². The molecule has 0 saturated carbocycles. The van der Waals surface area contributed by atoms with Crippen LogP contribution in [-0.2, 0) is 33.3 Å². The molecule has 1 aromatic carbocycles. The molecule has 1 fully saturated rings. The Morgan fingerprint density at radius 1 is 0.975 bits per heavy atom. The van der Waals surface area contributed by atoms with Crippen molar-refractivity contribution < 1.29 is 33.3 Å². The number of aromatic nitrogens is 4. The molecule has 0 unspecified atom stereocenters. The number of benzene rings is 1. The van der Waals surface area contributed by atoms with Gasteiger partial charge in [-0.3, -0.25) is 19.4 Å². The Morgan fingerprint density at radius 2 is 1.70 bits per heavy atom. The van der Waals surface area contributed by atoms with Crippen LogP contribution in [0.25, 0.3) is 11.3 Å². The predicted octanol–water partition coefficient (Wildman–Crippen LogP) is 4.79. The van der Waals surface area contributed by atoms with Gasteiger partial charge in [-0.1, -0.05) is 57.8 Å². The highest BCUT2D eigenvalue weighted by Gasteiger charge is 2.52. The van der Waals surface area contributed by atoms with Crippen molar-refractivity contribution in [3.63, 3.8) is 0 Å². The fraction of sp³-hybridized carbons (Fsp3) is 0.360. The first kappa shape index (κ1) is 30.1. The number of nitrogens with zero attached hydrogens (tertiary/aromatic N) is 4. The number of thioether (sulfide) groups is 1. The van der Waals surface area contributed by atoms with Gasteiger partial charge in [-0.05, 0) is 18.2 Å². The first-order valence-electron chi connectivity index (χ1n) is 11.8. The van der Waals surface area contributed by atoms with E-state index in [-0.39, 0.29) is 6.61 Å². The maximum atomic E-state index is 12.3. The summed E-state index contributed by atoms with van der Waals surface area (Å²) in [5, 5.41) is 9.60. The summed E-state index contributed by atoms with van der Waals surface area (Å²) >= 11 is 19.5. The number of halogens is 3.